The van der Waals surface area contributed by atoms with Crippen molar-refractivity contribution in [3.05, 3.63) is 170 Å². The molecule has 8 aromatic carbocycles. The normalized spacial score (nSPS) is 11.3. The van der Waals surface area contributed by atoms with E-state index in [0.717, 1.165) is 0 Å². The lowest BCUT2D eigenvalue weighted by atomic mass is 9.84. The van der Waals surface area contributed by atoms with Crippen LogP contribution in [0.3, 0.4) is 0 Å². The number of hydrogen-bond donors (Lipinski definition) is 0. The Balaban J connectivity index is 1.48. The molecule has 0 radical (unpaired) electrons. The molecule has 0 nitrogen and oxygen atoms in total. The van der Waals surface area contributed by atoms with E-state index in [1.807, 2.05) is 0 Å². The molecule has 0 N–H and O–H groups in total. The van der Waals surface area contributed by atoms with Gasteiger partial charge in [-0.1, -0.05) is 158 Å². The van der Waals surface area contributed by atoms with Gasteiger partial charge in [0.05, 0.1) is 0 Å². The van der Waals surface area contributed by atoms with Crippen LogP contribution in [0.4, 0.5) is 0 Å². The van der Waals surface area contributed by atoms with Crippen LogP contribution >= 0.6 is 0 Å². The van der Waals surface area contributed by atoms with E-state index < -0.39 is 0 Å². The Hall–Kier alpha value is -5.46. The summed E-state index contributed by atoms with van der Waals surface area (Å²) in [5, 5.41) is 7.75. The minimum Gasteiger partial charge on any atom is -0.0622 e. The van der Waals surface area contributed by atoms with Crippen LogP contribution in [0.5, 0.6) is 0 Å². The minimum atomic E-state index is 1.22. The van der Waals surface area contributed by atoms with E-state index in [1.54, 1.807) is 0 Å². The van der Waals surface area contributed by atoms with Crippen molar-refractivity contribution in [3.63, 3.8) is 0 Å². The molecule has 0 aliphatic rings. The summed E-state index contributed by atoms with van der Waals surface area (Å²) >= 11 is 0. The number of hydrogen-bond acceptors (Lipinski definition) is 0. The summed E-state index contributed by atoms with van der Waals surface area (Å²) in [6.45, 7) is 0. The van der Waals surface area contributed by atoms with Gasteiger partial charge < -0.3 is 0 Å². The van der Waals surface area contributed by atoms with Gasteiger partial charge in [-0.05, 0) is 89.0 Å². The second-order valence-corrected chi connectivity index (χ2v) is 10.9. The highest BCUT2D eigenvalue weighted by atomic mass is 14.2. The summed E-state index contributed by atoms with van der Waals surface area (Å²) in [7, 11) is 0. The molecule has 0 heteroatoms. The molecular formula is C42H28. The van der Waals surface area contributed by atoms with Crippen LogP contribution in [0.15, 0.2) is 170 Å². The lowest BCUT2D eigenvalue weighted by molar-refractivity contribution is 1.57. The zero-order valence-corrected chi connectivity index (χ0v) is 23.2. The molecule has 196 valence electrons. The fourth-order valence-corrected chi connectivity index (χ4v) is 6.59. The standard InChI is InChI=1S/C42H28/c1-3-15-29(16-4-1)32-19-7-9-21-34(32)35-22-10-8-20-33(35)31-27-40(30-17-5-2-6-18-30)42-39-26-14-13-24-37(39)36-23-11-12-25-38(36)41(42)28-31/h1-28H. The maximum atomic E-state index is 2.42. The predicted octanol–water partition coefficient (Wildman–Crippen LogP) is 11.8. The smallest absolute Gasteiger partial charge is 0.00199 e. The molecule has 0 spiro atoms. The van der Waals surface area contributed by atoms with Crippen LogP contribution in [-0.2, 0) is 0 Å². The minimum absolute atomic E-state index is 1.22. The molecular weight excluding hydrogens is 504 g/mol. The summed E-state index contributed by atoms with van der Waals surface area (Å²) in [5.74, 6) is 0. The van der Waals surface area contributed by atoms with Crippen molar-refractivity contribution < 1.29 is 0 Å². The van der Waals surface area contributed by atoms with Gasteiger partial charge >= 0.3 is 0 Å². The first-order chi connectivity index (χ1) is 20.9. The molecule has 42 heavy (non-hydrogen) atoms. The predicted molar refractivity (Wildman–Crippen MR) is 181 cm³/mol. The quantitative estimate of drug-likeness (QED) is 0.198. The van der Waals surface area contributed by atoms with Gasteiger partial charge in [-0.3, -0.25) is 0 Å². The Morgan fingerprint density at radius 1 is 0.214 bits per heavy atom. The highest BCUT2D eigenvalue weighted by Gasteiger charge is 2.17. The zero-order valence-electron chi connectivity index (χ0n) is 23.2. The molecule has 0 aliphatic heterocycles. The fraction of sp³-hybridized carbons (Fsp3) is 0. The van der Waals surface area contributed by atoms with Crippen molar-refractivity contribution in [1.82, 2.24) is 0 Å². The largest absolute Gasteiger partial charge is 0.0622 e. The summed E-state index contributed by atoms with van der Waals surface area (Å²) in [4.78, 5) is 0. The van der Waals surface area contributed by atoms with Gasteiger partial charge in [0.25, 0.3) is 0 Å². The Bertz CT molecular complexity index is 2220. The van der Waals surface area contributed by atoms with E-state index in [9.17, 15) is 0 Å². The van der Waals surface area contributed by atoms with Gasteiger partial charge in [-0.25, -0.2) is 0 Å². The highest BCUT2D eigenvalue weighted by molar-refractivity contribution is 6.29. The van der Waals surface area contributed by atoms with Crippen molar-refractivity contribution >= 4 is 32.3 Å². The first-order valence-corrected chi connectivity index (χ1v) is 14.5. The molecule has 0 unspecified atom stereocenters. The molecule has 0 heterocycles. The van der Waals surface area contributed by atoms with Crippen LogP contribution in [-0.4, -0.2) is 0 Å². The topological polar surface area (TPSA) is 0 Å². The van der Waals surface area contributed by atoms with Gasteiger partial charge in [0.2, 0.25) is 0 Å². The molecule has 0 amide bonds. The Morgan fingerprint density at radius 3 is 1.17 bits per heavy atom. The monoisotopic (exact) mass is 532 g/mol. The van der Waals surface area contributed by atoms with E-state index in [2.05, 4.69) is 170 Å². The van der Waals surface area contributed by atoms with E-state index in [4.69, 9.17) is 0 Å². The molecule has 0 saturated heterocycles. The maximum Gasteiger partial charge on any atom is -0.00199 e. The third kappa shape index (κ3) is 4.00. The van der Waals surface area contributed by atoms with Crippen molar-refractivity contribution in [2.24, 2.45) is 0 Å². The summed E-state index contributed by atoms with van der Waals surface area (Å²) < 4.78 is 0. The van der Waals surface area contributed by atoms with Gasteiger partial charge in [0.15, 0.2) is 0 Å². The van der Waals surface area contributed by atoms with E-state index in [0.29, 0.717) is 0 Å². The van der Waals surface area contributed by atoms with Gasteiger partial charge in [-0.15, -0.1) is 0 Å². The lowest BCUT2D eigenvalue weighted by Crippen LogP contribution is -1.92. The number of rotatable bonds is 4. The van der Waals surface area contributed by atoms with Gasteiger partial charge in [0, 0.05) is 0 Å². The average Bonchev–Trinajstić information content (AvgIpc) is 3.08. The lowest BCUT2D eigenvalue weighted by Gasteiger charge is -2.19. The average molecular weight is 533 g/mol. The van der Waals surface area contributed by atoms with Crippen molar-refractivity contribution in [3.8, 4) is 44.5 Å². The summed E-state index contributed by atoms with van der Waals surface area (Å²) in [6.07, 6.45) is 0. The fourth-order valence-electron chi connectivity index (χ4n) is 6.59. The van der Waals surface area contributed by atoms with Gasteiger partial charge in [0.1, 0.15) is 0 Å². The third-order valence-electron chi connectivity index (χ3n) is 8.47. The highest BCUT2D eigenvalue weighted by Crippen LogP contribution is 2.45. The molecule has 0 bridgehead atoms. The van der Waals surface area contributed by atoms with Crippen molar-refractivity contribution in [1.29, 1.82) is 0 Å². The second-order valence-electron chi connectivity index (χ2n) is 10.9. The third-order valence-corrected chi connectivity index (χ3v) is 8.47. The van der Waals surface area contributed by atoms with Crippen LogP contribution in [0.1, 0.15) is 0 Å². The number of fused-ring (bicyclic) bond motifs is 6. The summed E-state index contributed by atoms with van der Waals surface area (Å²) in [5.41, 5.74) is 9.89. The maximum absolute atomic E-state index is 2.42. The zero-order chi connectivity index (χ0) is 27.9. The van der Waals surface area contributed by atoms with E-state index in [1.165, 1.54) is 76.8 Å². The SMILES string of the molecule is c1ccc(-c2ccccc2-c2ccccc2-c2cc(-c3ccccc3)c3c4ccccc4c4ccccc4c3c2)cc1. The Kier molecular flexibility index (Phi) is 5.90. The second kappa shape index (κ2) is 10.2. The van der Waals surface area contributed by atoms with Gasteiger partial charge in [-0.2, -0.15) is 0 Å². The Labute approximate surface area is 246 Å². The number of benzene rings is 8. The van der Waals surface area contributed by atoms with Crippen LogP contribution in [0.25, 0.3) is 76.8 Å². The van der Waals surface area contributed by atoms with Crippen molar-refractivity contribution in [2.45, 2.75) is 0 Å². The molecule has 0 fully saturated rings. The summed E-state index contributed by atoms with van der Waals surface area (Å²) in [6, 6.07) is 61.7. The molecule has 8 rings (SSSR count). The molecule has 8 aromatic rings. The Morgan fingerprint density at radius 2 is 0.595 bits per heavy atom. The van der Waals surface area contributed by atoms with E-state index >= 15 is 0 Å². The molecule has 0 aromatic heterocycles. The molecule has 0 aliphatic carbocycles. The van der Waals surface area contributed by atoms with Crippen LogP contribution in [0.2, 0.25) is 0 Å². The van der Waals surface area contributed by atoms with Crippen molar-refractivity contribution in [2.75, 3.05) is 0 Å². The van der Waals surface area contributed by atoms with E-state index in [-0.39, 0.29) is 0 Å². The molecule has 0 atom stereocenters. The first kappa shape index (κ1) is 24.3. The molecule has 0 saturated carbocycles. The van der Waals surface area contributed by atoms with Crippen LogP contribution in [0, 0.1) is 0 Å². The first-order valence-electron chi connectivity index (χ1n) is 14.5. The van der Waals surface area contributed by atoms with Crippen LogP contribution < -0.4 is 0 Å².